The van der Waals surface area contributed by atoms with Gasteiger partial charge in [0.05, 0.1) is 0 Å². The number of benzene rings is 1. The van der Waals surface area contributed by atoms with Crippen LogP contribution in [0, 0.1) is 6.92 Å². The molecule has 1 heterocycles. The molecular formula is C16H18N2OS. The smallest absolute Gasteiger partial charge is 0.131 e. The summed E-state index contributed by atoms with van der Waals surface area (Å²) in [5, 5.41) is 0. The molecule has 2 N–H and O–H groups in total. The second-order valence-corrected chi connectivity index (χ2v) is 5.48. The monoisotopic (exact) mass is 286 g/mol. The summed E-state index contributed by atoms with van der Waals surface area (Å²) in [4.78, 5) is 4.38. The summed E-state index contributed by atoms with van der Waals surface area (Å²) in [5.41, 5.74) is 8.49. The molecule has 1 aromatic carbocycles. The number of hydrogen-bond donors (Lipinski definition) is 1. The van der Waals surface area contributed by atoms with E-state index in [0.29, 0.717) is 17.4 Å². The third-order valence-corrected chi connectivity index (χ3v) is 3.21. The molecule has 2 rings (SSSR count). The molecule has 0 atom stereocenters. The van der Waals surface area contributed by atoms with Gasteiger partial charge in [-0.1, -0.05) is 38.2 Å². The highest BCUT2D eigenvalue weighted by Gasteiger charge is 2.10. The van der Waals surface area contributed by atoms with Gasteiger partial charge in [0.2, 0.25) is 0 Å². The predicted octanol–water partition coefficient (Wildman–Crippen LogP) is 3.94. The van der Waals surface area contributed by atoms with E-state index in [1.807, 2.05) is 13.0 Å². The summed E-state index contributed by atoms with van der Waals surface area (Å²) < 4.78 is 5.99. The molecular weight excluding hydrogens is 268 g/mol. The third kappa shape index (κ3) is 3.33. The molecule has 0 aliphatic rings. The Morgan fingerprint density at radius 2 is 2.00 bits per heavy atom. The van der Waals surface area contributed by atoms with Gasteiger partial charge in [0, 0.05) is 12.3 Å². The van der Waals surface area contributed by atoms with Crippen molar-refractivity contribution in [2.24, 2.45) is 5.73 Å². The zero-order valence-electron chi connectivity index (χ0n) is 11.9. The van der Waals surface area contributed by atoms with Gasteiger partial charge in [-0.3, -0.25) is 4.98 Å². The summed E-state index contributed by atoms with van der Waals surface area (Å²) in [5.74, 6) is 1.94. The Kier molecular flexibility index (Phi) is 4.35. The summed E-state index contributed by atoms with van der Waals surface area (Å²) in [6, 6.07) is 9.79. The lowest BCUT2D eigenvalue weighted by atomic mass is 10.0. The Bertz CT molecular complexity index is 638. The van der Waals surface area contributed by atoms with Crippen molar-refractivity contribution in [3.63, 3.8) is 0 Å². The summed E-state index contributed by atoms with van der Waals surface area (Å²) >= 11 is 4.93. The molecule has 0 radical (unpaired) electrons. The Labute approximate surface area is 124 Å². The van der Waals surface area contributed by atoms with Crippen molar-refractivity contribution in [3.05, 3.63) is 53.3 Å². The molecule has 0 aliphatic heterocycles. The lowest BCUT2D eigenvalue weighted by molar-refractivity contribution is 0.472. The van der Waals surface area contributed by atoms with Gasteiger partial charge in [-0.2, -0.15) is 0 Å². The molecule has 0 amide bonds. The SMILES string of the molecule is Cc1ccc(C(C)C)c(Oc2ccnc(C(N)=S)c2)c1. The van der Waals surface area contributed by atoms with Gasteiger partial charge < -0.3 is 10.5 Å². The number of nitrogens with zero attached hydrogens (tertiary/aromatic N) is 1. The maximum absolute atomic E-state index is 5.99. The van der Waals surface area contributed by atoms with Crippen molar-refractivity contribution in [1.82, 2.24) is 4.98 Å². The normalized spacial score (nSPS) is 10.6. The van der Waals surface area contributed by atoms with Gasteiger partial charge in [0.1, 0.15) is 22.2 Å². The zero-order valence-corrected chi connectivity index (χ0v) is 12.7. The minimum atomic E-state index is 0.267. The van der Waals surface area contributed by atoms with E-state index in [2.05, 4.69) is 31.0 Å². The fraction of sp³-hybridized carbons (Fsp3) is 0.250. The van der Waals surface area contributed by atoms with Gasteiger partial charge in [0.15, 0.2) is 0 Å². The van der Waals surface area contributed by atoms with Gasteiger partial charge in [-0.25, -0.2) is 0 Å². The van der Waals surface area contributed by atoms with Crippen LogP contribution < -0.4 is 10.5 Å². The molecule has 0 saturated heterocycles. The average molecular weight is 286 g/mol. The zero-order chi connectivity index (χ0) is 14.7. The number of pyridine rings is 1. The number of aryl methyl sites for hydroxylation is 1. The summed E-state index contributed by atoms with van der Waals surface area (Å²) in [6.45, 7) is 6.33. The Hall–Kier alpha value is -1.94. The highest BCUT2D eigenvalue weighted by atomic mass is 32.1. The van der Waals surface area contributed by atoms with Gasteiger partial charge >= 0.3 is 0 Å². The van der Waals surface area contributed by atoms with E-state index in [-0.39, 0.29) is 4.99 Å². The van der Waals surface area contributed by atoms with Crippen LogP contribution in [0.3, 0.4) is 0 Å². The molecule has 0 saturated carbocycles. The van der Waals surface area contributed by atoms with Crippen LogP contribution in [0.5, 0.6) is 11.5 Å². The number of ether oxygens (including phenoxy) is 1. The van der Waals surface area contributed by atoms with Crippen LogP contribution in [0.25, 0.3) is 0 Å². The number of hydrogen-bond acceptors (Lipinski definition) is 3. The second-order valence-electron chi connectivity index (χ2n) is 5.04. The number of aromatic nitrogens is 1. The molecule has 0 spiro atoms. The van der Waals surface area contributed by atoms with E-state index in [1.165, 1.54) is 5.56 Å². The summed E-state index contributed by atoms with van der Waals surface area (Å²) in [7, 11) is 0. The van der Waals surface area contributed by atoms with Gasteiger partial charge in [0.25, 0.3) is 0 Å². The highest BCUT2D eigenvalue weighted by Crippen LogP contribution is 2.31. The predicted molar refractivity (Wildman–Crippen MR) is 85.5 cm³/mol. The van der Waals surface area contributed by atoms with Crippen molar-refractivity contribution in [2.75, 3.05) is 0 Å². The fourth-order valence-electron chi connectivity index (χ4n) is 1.94. The first-order valence-corrected chi connectivity index (χ1v) is 6.92. The number of thiocarbonyl (C=S) groups is 1. The largest absolute Gasteiger partial charge is 0.457 e. The van der Waals surface area contributed by atoms with Crippen molar-refractivity contribution >= 4 is 17.2 Å². The van der Waals surface area contributed by atoms with Crippen LogP contribution in [0.2, 0.25) is 0 Å². The van der Waals surface area contributed by atoms with Crippen molar-refractivity contribution in [1.29, 1.82) is 0 Å². The van der Waals surface area contributed by atoms with Crippen LogP contribution in [-0.2, 0) is 0 Å². The lowest BCUT2D eigenvalue weighted by Gasteiger charge is -2.14. The number of nitrogens with two attached hydrogens (primary N) is 1. The molecule has 2 aromatic rings. The van der Waals surface area contributed by atoms with Crippen molar-refractivity contribution < 1.29 is 4.74 Å². The minimum absolute atomic E-state index is 0.267. The molecule has 4 heteroatoms. The van der Waals surface area contributed by atoms with Crippen LogP contribution >= 0.6 is 12.2 Å². The van der Waals surface area contributed by atoms with Crippen LogP contribution in [0.1, 0.15) is 36.6 Å². The van der Waals surface area contributed by atoms with E-state index < -0.39 is 0 Å². The molecule has 0 bridgehead atoms. The van der Waals surface area contributed by atoms with Crippen molar-refractivity contribution in [2.45, 2.75) is 26.7 Å². The molecule has 0 aliphatic carbocycles. The van der Waals surface area contributed by atoms with Crippen LogP contribution in [0.15, 0.2) is 36.5 Å². The molecule has 104 valence electrons. The molecule has 1 aromatic heterocycles. The van der Waals surface area contributed by atoms with E-state index >= 15 is 0 Å². The molecule has 0 unspecified atom stereocenters. The Balaban J connectivity index is 2.36. The standard InChI is InChI=1S/C16H18N2OS/c1-10(2)13-5-4-11(3)8-15(13)19-12-6-7-18-14(9-12)16(17)20/h4-10H,1-3H3,(H2,17,20). The Morgan fingerprint density at radius 3 is 2.65 bits per heavy atom. The first-order chi connectivity index (χ1) is 9.47. The topological polar surface area (TPSA) is 48.1 Å². The second kappa shape index (κ2) is 6.01. The Morgan fingerprint density at radius 1 is 1.25 bits per heavy atom. The maximum Gasteiger partial charge on any atom is 0.131 e. The van der Waals surface area contributed by atoms with E-state index in [0.717, 1.165) is 11.3 Å². The molecule has 0 fully saturated rings. The third-order valence-electron chi connectivity index (χ3n) is 3.00. The van der Waals surface area contributed by atoms with Crippen molar-refractivity contribution in [3.8, 4) is 11.5 Å². The minimum Gasteiger partial charge on any atom is -0.457 e. The number of rotatable bonds is 4. The molecule has 3 nitrogen and oxygen atoms in total. The van der Waals surface area contributed by atoms with E-state index in [4.69, 9.17) is 22.7 Å². The molecule has 20 heavy (non-hydrogen) atoms. The average Bonchev–Trinajstić information content (AvgIpc) is 2.38. The van der Waals surface area contributed by atoms with Crippen LogP contribution in [0.4, 0.5) is 0 Å². The van der Waals surface area contributed by atoms with Gasteiger partial charge in [-0.05, 0) is 36.1 Å². The quantitative estimate of drug-likeness (QED) is 0.865. The first-order valence-electron chi connectivity index (χ1n) is 6.51. The fourth-order valence-corrected chi connectivity index (χ4v) is 2.05. The van der Waals surface area contributed by atoms with Crippen LogP contribution in [-0.4, -0.2) is 9.97 Å². The maximum atomic E-state index is 5.99. The lowest BCUT2D eigenvalue weighted by Crippen LogP contribution is -2.11. The first kappa shape index (κ1) is 14.5. The summed E-state index contributed by atoms with van der Waals surface area (Å²) in [6.07, 6.45) is 1.65. The van der Waals surface area contributed by atoms with E-state index in [1.54, 1.807) is 18.3 Å². The van der Waals surface area contributed by atoms with E-state index in [9.17, 15) is 0 Å². The highest BCUT2D eigenvalue weighted by molar-refractivity contribution is 7.80. The van der Waals surface area contributed by atoms with Gasteiger partial charge in [-0.15, -0.1) is 0 Å².